The molecule has 1 aromatic carbocycles. The van der Waals surface area contributed by atoms with Crippen LogP contribution in [0.2, 0.25) is 0 Å². The molecule has 0 amide bonds. The summed E-state index contributed by atoms with van der Waals surface area (Å²) in [5.41, 5.74) is 2.69. The summed E-state index contributed by atoms with van der Waals surface area (Å²) in [6, 6.07) is 5.08. The Morgan fingerprint density at radius 1 is 0.957 bits per heavy atom. The predicted molar refractivity (Wildman–Crippen MR) is 86.2 cm³/mol. The second kappa shape index (κ2) is 4.30. The Morgan fingerprint density at radius 3 is 2.13 bits per heavy atom. The van der Waals surface area contributed by atoms with Crippen LogP contribution in [0.1, 0.15) is 16.0 Å². The Kier molecular flexibility index (Phi) is 3.05. The molecule has 0 saturated carbocycles. The van der Waals surface area contributed by atoms with Crippen LogP contribution in [0.25, 0.3) is 10.2 Å². The summed E-state index contributed by atoms with van der Waals surface area (Å²) in [5.74, 6) is 0. The molecule has 0 bridgehead atoms. The number of aryl methyl sites for hydroxylation is 2. The number of fused-ring (bicyclic) bond motifs is 1. The summed E-state index contributed by atoms with van der Waals surface area (Å²) in [6.07, 6.45) is 1.85. The second-order valence-electron chi connectivity index (χ2n) is 5.55. The number of thiophene rings is 1. The third-order valence-corrected chi connectivity index (χ3v) is 6.12. The van der Waals surface area contributed by atoms with Crippen LogP contribution in [0.5, 0.6) is 0 Å². The highest BCUT2D eigenvalue weighted by molar-refractivity contribution is 8.45. The Hall–Kier alpha value is -1.54. The first kappa shape index (κ1) is 16.3. The van der Waals surface area contributed by atoms with Crippen molar-refractivity contribution >= 4 is 31.8 Å². The van der Waals surface area contributed by atoms with Crippen LogP contribution < -0.4 is 0 Å². The van der Waals surface area contributed by atoms with E-state index in [9.17, 15) is 19.4 Å². The molecule has 126 valence electrons. The Labute approximate surface area is 134 Å². The van der Waals surface area contributed by atoms with Gasteiger partial charge in [0.05, 0.1) is 10.2 Å². The van der Waals surface area contributed by atoms with E-state index in [1.165, 1.54) is 4.88 Å². The van der Waals surface area contributed by atoms with Gasteiger partial charge in [0.1, 0.15) is 4.90 Å². The maximum atomic E-state index is 12.7. The molecule has 0 radical (unpaired) electrons. The lowest BCUT2D eigenvalue weighted by Gasteiger charge is -2.40. The van der Waals surface area contributed by atoms with Crippen molar-refractivity contribution in [1.29, 1.82) is 0 Å². The molecule has 2 heterocycles. The molecule has 1 nitrogen and oxygen atoms in total. The van der Waals surface area contributed by atoms with Crippen molar-refractivity contribution in [2.45, 2.75) is 25.3 Å². The molecule has 23 heavy (non-hydrogen) atoms. The molecule has 0 fully saturated rings. The lowest BCUT2D eigenvalue weighted by Crippen LogP contribution is -2.06. The van der Waals surface area contributed by atoms with Crippen molar-refractivity contribution in [3.63, 3.8) is 0 Å². The van der Waals surface area contributed by atoms with E-state index in [0.717, 1.165) is 27.9 Å². The van der Waals surface area contributed by atoms with Crippen molar-refractivity contribution in [3.8, 4) is 0 Å². The minimum atomic E-state index is -9.60. The molecule has 3 rings (SSSR count). The first-order chi connectivity index (χ1) is 10.3. The van der Waals surface area contributed by atoms with Crippen LogP contribution in [-0.2, 0) is 6.54 Å². The Balaban J connectivity index is 1.95. The van der Waals surface area contributed by atoms with E-state index in [2.05, 4.69) is 0 Å². The number of hydrogen-bond donors (Lipinski definition) is 0. The smallest absolute Gasteiger partial charge is 0.310 e. The molecular weight excluding hydrogens is 353 g/mol. The molecular formula is C15H14F5NS2. The quantitative estimate of drug-likeness (QED) is 0.438. The van der Waals surface area contributed by atoms with Gasteiger partial charge in [-0.05, 0) is 43.2 Å². The number of hydrogen-bond acceptors (Lipinski definition) is 1. The molecule has 0 aliphatic rings. The van der Waals surface area contributed by atoms with Crippen LogP contribution in [0.4, 0.5) is 19.4 Å². The first-order valence-corrected chi connectivity index (χ1v) is 9.50. The minimum absolute atomic E-state index is 0.334. The van der Waals surface area contributed by atoms with Crippen molar-refractivity contribution in [2.75, 3.05) is 0 Å². The Morgan fingerprint density at radius 2 is 1.57 bits per heavy atom. The fourth-order valence-corrected chi connectivity index (χ4v) is 4.25. The second-order valence-corrected chi connectivity index (χ2v) is 9.22. The highest BCUT2D eigenvalue weighted by atomic mass is 32.5. The van der Waals surface area contributed by atoms with E-state index in [1.807, 2.05) is 30.7 Å². The van der Waals surface area contributed by atoms with Gasteiger partial charge in [-0.25, -0.2) is 0 Å². The summed E-state index contributed by atoms with van der Waals surface area (Å²) < 4.78 is 66.6. The van der Waals surface area contributed by atoms with Gasteiger partial charge in [0.15, 0.2) is 0 Å². The van der Waals surface area contributed by atoms with Gasteiger partial charge in [0, 0.05) is 17.6 Å². The van der Waals surface area contributed by atoms with Crippen LogP contribution in [0, 0.1) is 13.8 Å². The molecule has 0 spiro atoms. The van der Waals surface area contributed by atoms with Gasteiger partial charge in [-0.15, -0.1) is 11.3 Å². The maximum absolute atomic E-state index is 12.7. The lowest BCUT2D eigenvalue weighted by atomic mass is 10.2. The third kappa shape index (κ3) is 3.10. The predicted octanol–water partition coefficient (Wildman–Crippen LogP) is 7.03. The summed E-state index contributed by atoms with van der Waals surface area (Å²) in [6.45, 7) is 4.33. The van der Waals surface area contributed by atoms with Crippen molar-refractivity contribution in [1.82, 2.24) is 4.57 Å². The number of rotatable bonds is 3. The topological polar surface area (TPSA) is 4.93 Å². The van der Waals surface area contributed by atoms with Gasteiger partial charge < -0.3 is 4.57 Å². The minimum Gasteiger partial charge on any atom is -0.342 e. The highest BCUT2D eigenvalue weighted by Gasteiger charge is 2.65. The normalized spacial score (nSPS) is 15.6. The van der Waals surface area contributed by atoms with Crippen molar-refractivity contribution in [3.05, 3.63) is 52.5 Å². The molecule has 8 heteroatoms. The van der Waals surface area contributed by atoms with Gasteiger partial charge in [-0.1, -0.05) is 31.6 Å². The molecule has 0 saturated heterocycles. The highest BCUT2D eigenvalue weighted by Crippen LogP contribution is 3.02. The largest absolute Gasteiger partial charge is 0.342 e. The van der Waals surface area contributed by atoms with E-state index in [-0.39, 0.29) is 0 Å². The van der Waals surface area contributed by atoms with E-state index in [1.54, 1.807) is 11.3 Å². The molecule has 0 aliphatic heterocycles. The zero-order chi connectivity index (χ0) is 17.1. The number of benzene rings is 1. The Bertz CT molecular complexity index is 889. The van der Waals surface area contributed by atoms with Crippen molar-refractivity contribution in [2.24, 2.45) is 0 Å². The maximum Gasteiger partial charge on any atom is 0.310 e. The van der Waals surface area contributed by atoms with Crippen LogP contribution in [-0.4, -0.2) is 4.57 Å². The summed E-state index contributed by atoms with van der Waals surface area (Å²) in [7, 11) is -9.60. The van der Waals surface area contributed by atoms with Gasteiger partial charge in [0.2, 0.25) is 0 Å². The van der Waals surface area contributed by atoms with Crippen molar-refractivity contribution < 1.29 is 19.4 Å². The van der Waals surface area contributed by atoms with E-state index in [0.29, 0.717) is 24.2 Å². The SMILES string of the molecule is Cc1sc2ccn(Cc3ccc(S(F)(F)(F)(F)F)cc3)c2c1C. The average Bonchev–Trinajstić information content (AvgIpc) is 2.90. The van der Waals surface area contributed by atoms with E-state index >= 15 is 0 Å². The molecule has 0 unspecified atom stereocenters. The molecule has 0 N–H and O–H groups in total. The van der Waals surface area contributed by atoms with E-state index in [4.69, 9.17) is 0 Å². The number of aromatic nitrogens is 1. The number of nitrogens with zero attached hydrogens (tertiary/aromatic N) is 1. The first-order valence-electron chi connectivity index (χ1n) is 6.73. The van der Waals surface area contributed by atoms with Crippen LogP contribution in [0.3, 0.4) is 0 Å². The number of halogens is 5. The summed E-state index contributed by atoms with van der Waals surface area (Å²) in [4.78, 5) is -0.672. The summed E-state index contributed by atoms with van der Waals surface area (Å²) in [5, 5.41) is 0. The van der Waals surface area contributed by atoms with Gasteiger partial charge in [-0.2, -0.15) is 0 Å². The van der Waals surface area contributed by atoms with Gasteiger partial charge >= 0.3 is 10.2 Å². The fraction of sp³-hybridized carbons (Fsp3) is 0.200. The summed E-state index contributed by atoms with van der Waals surface area (Å²) >= 11 is 1.65. The molecule has 3 aromatic rings. The average molecular weight is 367 g/mol. The molecule has 0 atom stereocenters. The van der Waals surface area contributed by atoms with Crippen LogP contribution >= 0.6 is 21.6 Å². The zero-order valence-electron chi connectivity index (χ0n) is 12.3. The monoisotopic (exact) mass is 367 g/mol. The van der Waals surface area contributed by atoms with Crippen LogP contribution in [0.15, 0.2) is 41.4 Å². The molecule has 0 aliphatic carbocycles. The van der Waals surface area contributed by atoms with E-state index < -0.39 is 15.1 Å². The molecule has 2 aromatic heterocycles. The fourth-order valence-electron chi connectivity index (χ4n) is 2.52. The van der Waals surface area contributed by atoms with Gasteiger partial charge in [0.25, 0.3) is 0 Å². The lowest BCUT2D eigenvalue weighted by molar-refractivity contribution is 0.364. The standard InChI is InChI=1S/C15H14F5NS2/c1-10-11(2)22-14-7-8-21(15(10)14)9-12-3-5-13(6-4-12)23(16,17,18,19)20/h3-8H,9H2,1-2H3. The zero-order valence-corrected chi connectivity index (χ0v) is 14.0. The van der Waals surface area contributed by atoms with Gasteiger partial charge in [-0.3, -0.25) is 0 Å². The third-order valence-electron chi connectivity index (χ3n) is 3.79.